The fraction of sp³-hybridized carbons (Fsp3) is 0.167. The highest BCUT2D eigenvalue weighted by Gasteiger charge is 2.13. The van der Waals surface area contributed by atoms with Crippen LogP contribution in [-0.4, -0.2) is 23.3 Å². The van der Waals surface area contributed by atoms with Gasteiger partial charge in [0.15, 0.2) is 0 Å². The van der Waals surface area contributed by atoms with Crippen LogP contribution in [0.5, 0.6) is 5.75 Å². The number of halogens is 1. The second-order valence-corrected chi connectivity index (χ2v) is 6.96. The largest absolute Gasteiger partial charge is 0.427 e. The first-order valence-corrected chi connectivity index (χ1v) is 8.73. The van der Waals surface area contributed by atoms with Gasteiger partial charge >= 0.3 is 5.97 Å². The zero-order valence-corrected chi connectivity index (χ0v) is 15.3. The molecule has 1 atom stereocenters. The molecule has 0 fully saturated rings. The Morgan fingerprint density at radius 1 is 1.16 bits per heavy atom. The lowest BCUT2D eigenvalue weighted by Gasteiger charge is -2.09. The molecule has 0 aliphatic heterocycles. The van der Waals surface area contributed by atoms with E-state index in [0.29, 0.717) is 10.8 Å². The van der Waals surface area contributed by atoms with Crippen LogP contribution in [0.4, 0.5) is 0 Å². The van der Waals surface area contributed by atoms with Gasteiger partial charge in [0.1, 0.15) is 5.75 Å². The van der Waals surface area contributed by atoms with E-state index in [2.05, 4.69) is 10.5 Å². The maximum Gasteiger partial charge on any atom is 0.308 e. The molecule has 130 valence electrons. The summed E-state index contributed by atoms with van der Waals surface area (Å²) < 4.78 is 4.94. The van der Waals surface area contributed by atoms with Crippen molar-refractivity contribution in [3.05, 3.63) is 59.1 Å². The molecule has 0 aliphatic rings. The van der Waals surface area contributed by atoms with Crippen molar-refractivity contribution in [1.82, 2.24) is 5.43 Å². The molecule has 1 amide bonds. The van der Waals surface area contributed by atoms with E-state index in [9.17, 15) is 9.59 Å². The molecule has 2 aromatic rings. The van der Waals surface area contributed by atoms with Gasteiger partial charge in [-0.25, -0.2) is 5.43 Å². The molecule has 0 aliphatic carbocycles. The maximum atomic E-state index is 12.1. The number of esters is 1. The zero-order valence-electron chi connectivity index (χ0n) is 13.7. The minimum atomic E-state index is -0.374. The van der Waals surface area contributed by atoms with Gasteiger partial charge in [-0.15, -0.1) is 11.8 Å². The minimum Gasteiger partial charge on any atom is -0.427 e. The number of hydrazone groups is 1. The number of nitrogens with zero attached hydrogens (tertiary/aromatic N) is 1. The molecule has 2 rings (SSSR count). The van der Waals surface area contributed by atoms with Gasteiger partial charge < -0.3 is 4.74 Å². The topological polar surface area (TPSA) is 67.8 Å². The lowest BCUT2D eigenvalue weighted by molar-refractivity contribution is -0.131. The Morgan fingerprint density at radius 3 is 2.40 bits per heavy atom. The van der Waals surface area contributed by atoms with Gasteiger partial charge in [0.2, 0.25) is 0 Å². The monoisotopic (exact) mass is 376 g/mol. The second kappa shape index (κ2) is 9.25. The van der Waals surface area contributed by atoms with Crippen LogP contribution < -0.4 is 10.2 Å². The van der Waals surface area contributed by atoms with Crippen LogP contribution in [0.1, 0.15) is 19.4 Å². The molecule has 7 heteroatoms. The summed E-state index contributed by atoms with van der Waals surface area (Å²) >= 11 is 7.26. The van der Waals surface area contributed by atoms with Gasteiger partial charge in [-0.2, -0.15) is 5.10 Å². The van der Waals surface area contributed by atoms with Crippen LogP contribution >= 0.6 is 23.4 Å². The summed E-state index contributed by atoms with van der Waals surface area (Å²) in [5, 5.41) is 4.30. The molecule has 1 N–H and O–H groups in total. The summed E-state index contributed by atoms with van der Waals surface area (Å²) in [4.78, 5) is 23.9. The van der Waals surface area contributed by atoms with Crippen LogP contribution in [0.25, 0.3) is 0 Å². The predicted octanol–water partition coefficient (Wildman–Crippen LogP) is 3.90. The van der Waals surface area contributed by atoms with E-state index in [1.54, 1.807) is 43.3 Å². The molecular weight excluding hydrogens is 360 g/mol. The number of ether oxygens (including phenoxy) is 1. The molecule has 0 heterocycles. The van der Waals surface area contributed by atoms with Crippen molar-refractivity contribution < 1.29 is 14.3 Å². The van der Waals surface area contributed by atoms with Crippen LogP contribution in [0, 0.1) is 0 Å². The van der Waals surface area contributed by atoms with E-state index in [-0.39, 0.29) is 17.1 Å². The van der Waals surface area contributed by atoms with Crippen LogP contribution in [0.15, 0.2) is 58.5 Å². The number of carbonyl (C=O) groups is 2. The second-order valence-electron chi connectivity index (χ2n) is 5.11. The first kappa shape index (κ1) is 19.0. The van der Waals surface area contributed by atoms with E-state index in [1.165, 1.54) is 24.9 Å². The van der Waals surface area contributed by atoms with Gasteiger partial charge in [-0.1, -0.05) is 11.6 Å². The van der Waals surface area contributed by atoms with Crippen molar-refractivity contribution in [1.29, 1.82) is 0 Å². The first-order chi connectivity index (χ1) is 11.9. The average Bonchev–Trinajstić information content (AvgIpc) is 2.58. The van der Waals surface area contributed by atoms with Gasteiger partial charge in [-0.05, 0) is 61.0 Å². The van der Waals surface area contributed by atoms with Gasteiger partial charge in [0, 0.05) is 16.8 Å². The van der Waals surface area contributed by atoms with Gasteiger partial charge in [-0.3, -0.25) is 9.59 Å². The molecular formula is C18H17ClN2O3S. The van der Waals surface area contributed by atoms with Crippen LogP contribution in [-0.2, 0) is 9.59 Å². The molecule has 2 aromatic carbocycles. The SMILES string of the molecule is CC(=O)Oc1ccc(/C=N/NC(=O)C(C)Sc2ccc(Cl)cc2)cc1. The lowest BCUT2D eigenvalue weighted by Crippen LogP contribution is -2.26. The highest BCUT2D eigenvalue weighted by Crippen LogP contribution is 2.24. The zero-order chi connectivity index (χ0) is 18.2. The Kier molecular flexibility index (Phi) is 7.03. The number of thioether (sulfide) groups is 1. The number of nitrogens with one attached hydrogen (secondary N) is 1. The molecule has 25 heavy (non-hydrogen) atoms. The fourth-order valence-corrected chi connectivity index (χ4v) is 2.81. The van der Waals surface area contributed by atoms with E-state index in [0.717, 1.165) is 10.5 Å². The average molecular weight is 377 g/mol. The van der Waals surface area contributed by atoms with E-state index < -0.39 is 0 Å². The van der Waals surface area contributed by atoms with E-state index in [4.69, 9.17) is 16.3 Å². The molecule has 0 radical (unpaired) electrons. The molecule has 0 spiro atoms. The molecule has 0 aromatic heterocycles. The van der Waals surface area contributed by atoms with Crippen molar-refractivity contribution in [2.45, 2.75) is 24.0 Å². The van der Waals surface area contributed by atoms with E-state index in [1.807, 2.05) is 12.1 Å². The van der Waals surface area contributed by atoms with Crippen molar-refractivity contribution >= 4 is 41.5 Å². The van der Waals surface area contributed by atoms with Gasteiger partial charge in [0.05, 0.1) is 11.5 Å². The number of amides is 1. The van der Waals surface area contributed by atoms with Crippen molar-refractivity contribution in [2.24, 2.45) is 5.10 Å². The Morgan fingerprint density at radius 2 is 1.80 bits per heavy atom. The molecule has 0 saturated heterocycles. The Hall–Kier alpha value is -2.31. The summed E-state index contributed by atoms with van der Waals surface area (Å²) in [5.41, 5.74) is 3.28. The number of hydrogen-bond donors (Lipinski definition) is 1. The van der Waals surface area contributed by atoms with Crippen LogP contribution in [0.2, 0.25) is 5.02 Å². The first-order valence-electron chi connectivity index (χ1n) is 7.47. The highest BCUT2D eigenvalue weighted by atomic mass is 35.5. The Balaban J connectivity index is 1.84. The number of carbonyl (C=O) groups excluding carboxylic acids is 2. The predicted molar refractivity (Wildman–Crippen MR) is 100 cm³/mol. The smallest absolute Gasteiger partial charge is 0.308 e. The van der Waals surface area contributed by atoms with Crippen molar-refractivity contribution in [3.63, 3.8) is 0 Å². The number of rotatable bonds is 6. The summed E-state index contributed by atoms with van der Waals surface area (Å²) in [7, 11) is 0. The molecule has 1 unspecified atom stereocenters. The summed E-state index contributed by atoms with van der Waals surface area (Å²) in [6, 6.07) is 14.1. The Labute approximate surface area is 155 Å². The lowest BCUT2D eigenvalue weighted by atomic mass is 10.2. The Bertz CT molecular complexity index is 761. The van der Waals surface area contributed by atoms with E-state index >= 15 is 0 Å². The standard InChI is InChI=1S/C18H17ClN2O3S/c1-12(25-17-9-5-15(19)6-10-17)18(23)21-20-11-14-3-7-16(8-4-14)24-13(2)22/h3-12H,1-2H3,(H,21,23)/b20-11+. The summed E-state index contributed by atoms with van der Waals surface area (Å²) in [6.45, 7) is 3.14. The third-order valence-corrected chi connectivity index (χ3v) is 4.39. The van der Waals surface area contributed by atoms with Crippen LogP contribution in [0.3, 0.4) is 0 Å². The van der Waals surface area contributed by atoms with Gasteiger partial charge in [0.25, 0.3) is 5.91 Å². The third-order valence-electron chi connectivity index (χ3n) is 3.03. The highest BCUT2D eigenvalue weighted by molar-refractivity contribution is 8.00. The van der Waals surface area contributed by atoms with Crippen molar-refractivity contribution in [3.8, 4) is 5.75 Å². The third kappa shape index (κ3) is 6.60. The quantitative estimate of drug-likeness (QED) is 0.273. The fourth-order valence-electron chi connectivity index (χ4n) is 1.82. The molecule has 5 nitrogen and oxygen atoms in total. The number of benzene rings is 2. The summed E-state index contributed by atoms with van der Waals surface area (Å²) in [5.74, 6) is -0.115. The number of hydrogen-bond acceptors (Lipinski definition) is 5. The molecule has 0 bridgehead atoms. The summed E-state index contributed by atoms with van der Waals surface area (Å²) in [6.07, 6.45) is 1.52. The minimum absolute atomic E-state index is 0.201. The van der Waals surface area contributed by atoms with Crippen molar-refractivity contribution in [2.75, 3.05) is 0 Å². The normalized spacial score (nSPS) is 12.0. The maximum absolute atomic E-state index is 12.1. The molecule has 0 saturated carbocycles.